The highest BCUT2D eigenvalue weighted by molar-refractivity contribution is 7.43. The van der Waals surface area contributed by atoms with Gasteiger partial charge in [0.15, 0.2) is 0 Å². The minimum absolute atomic E-state index is 0.0985. The highest BCUT2D eigenvalue weighted by Crippen LogP contribution is 2.56. The van der Waals surface area contributed by atoms with E-state index in [1.165, 1.54) is 77.5 Å². The van der Waals surface area contributed by atoms with E-state index in [0.717, 1.165) is 55.8 Å². The van der Waals surface area contributed by atoms with Gasteiger partial charge in [0, 0.05) is 22.3 Å². The van der Waals surface area contributed by atoms with Gasteiger partial charge in [-0.25, -0.2) is 0 Å². The molecule has 0 atom stereocenters. The van der Waals surface area contributed by atoms with Gasteiger partial charge in [-0.1, -0.05) is 238 Å². The van der Waals surface area contributed by atoms with Crippen LogP contribution < -0.4 is 13.6 Å². The zero-order valence-corrected chi connectivity index (χ0v) is 47.7. The second-order valence-corrected chi connectivity index (χ2v) is 28.8. The van der Waals surface area contributed by atoms with Crippen molar-refractivity contribution in [1.29, 1.82) is 0 Å². The zero-order valence-electron chi connectivity index (χ0n) is 46.8. The number of hydrogen-bond donors (Lipinski definition) is 0. The number of benzene rings is 3. The standard InChI is InChI=1S/C61H101O3P/c1-24-25-26-27-28-29-30-33-46-34-31-32-35-51(46)62-65(63-52-47(58(16,17)40-54(4,5)6)36-44(2)37-48(52)59(18,19)41-55(7,8)9)64-53-49(60(20,21)42-56(10,11)12)38-45(3)39-50(53)61(22,23)43-57(13,14)15/h31-32,34-39H,24-30,33,40-43H2,1-23H3. The molecule has 0 aliphatic heterocycles. The van der Waals surface area contributed by atoms with E-state index in [1.54, 1.807) is 0 Å². The van der Waals surface area contributed by atoms with Crippen molar-refractivity contribution in [3.8, 4) is 17.2 Å². The van der Waals surface area contributed by atoms with Crippen LogP contribution in [0.15, 0.2) is 48.5 Å². The highest BCUT2D eigenvalue weighted by Gasteiger charge is 2.41. The first-order valence-electron chi connectivity index (χ1n) is 25.7. The van der Waals surface area contributed by atoms with Gasteiger partial charge in [-0.15, -0.1) is 0 Å². The van der Waals surface area contributed by atoms with Crippen molar-refractivity contribution in [3.05, 3.63) is 87.5 Å². The van der Waals surface area contributed by atoms with Gasteiger partial charge in [-0.05, 0) is 107 Å². The minimum atomic E-state index is -2.04. The lowest BCUT2D eigenvalue weighted by molar-refractivity contribution is 0.266. The van der Waals surface area contributed by atoms with E-state index >= 15 is 0 Å². The van der Waals surface area contributed by atoms with Crippen molar-refractivity contribution >= 4 is 8.60 Å². The molecule has 0 heterocycles. The Bertz CT molecular complexity index is 1760. The smallest absolute Gasteiger partial charge is 0.408 e. The molecule has 3 aromatic carbocycles. The van der Waals surface area contributed by atoms with E-state index in [9.17, 15) is 0 Å². The van der Waals surface area contributed by atoms with E-state index in [1.807, 2.05) is 0 Å². The second-order valence-electron chi connectivity index (χ2n) is 27.8. The first-order chi connectivity index (χ1) is 29.5. The minimum Gasteiger partial charge on any atom is -0.408 e. The fourth-order valence-corrected chi connectivity index (χ4v) is 12.9. The molecule has 0 aromatic heterocycles. The third-order valence-corrected chi connectivity index (χ3v) is 13.8. The molecule has 0 aliphatic carbocycles. The first-order valence-corrected chi connectivity index (χ1v) is 26.8. The molecule has 65 heavy (non-hydrogen) atoms. The molecular formula is C61H101O3P. The van der Waals surface area contributed by atoms with Crippen LogP contribution in [0.3, 0.4) is 0 Å². The maximum atomic E-state index is 7.76. The van der Waals surface area contributed by atoms with Crippen molar-refractivity contribution < 1.29 is 13.6 Å². The van der Waals surface area contributed by atoms with E-state index in [2.05, 4.69) is 208 Å². The molecule has 368 valence electrons. The Morgan fingerprint density at radius 2 is 0.708 bits per heavy atom. The average molecular weight is 913 g/mol. The van der Waals surface area contributed by atoms with Crippen LogP contribution in [0.1, 0.15) is 255 Å². The molecule has 0 spiro atoms. The molecule has 0 aliphatic rings. The van der Waals surface area contributed by atoms with Crippen molar-refractivity contribution in [2.45, 2.75) is 258 Å². The lowest BCUT2D eigenvalue weighted by Gasteiger charge is -2.40. The largest absolute Gasteiger partial charge is 0.530 e. The Balaban J connectivity index is 2.48. The van der Waals surface area contributed by atoms with Crippen molar-refractivity contribution in [3.63, 3.8) is 0 Å². The molecule has 3 aromatic rings. The maximum absolute atomic E-state index is 7.76. The summed E-state index contributed by atoms with van der Waals surface area (Å²) in [5.41, 5.74) is 8.23. The van der Waals surface area contributed by atoms with Gasteiger partial charge in [0.2, 0.25) is 0 Å². The molecule has 0 radical (unpaired) electrons. The van der Waals surface area contributed by atoms with Crippen LogP contribution >= 0.6 is 8.60 Å². The summed E-state index contributed by atoms with van der Waals surface area (Å²) in [6, 6.07) is 18.2. The SMILES string of the molecule is CCCCCCCCCc1ccccc1OP(Oc1c(C(C)(C)CC(C)(C)C)cc(C)cc1C(C)(C)CC(C)(C)C)Oc1c(C(C)(C)CC(C)(C)C)cc(C)cc1C(C)(C)CC(C)(C)C. The summed E-state index contributed by atoms with van der Waals surface area (Å²) in [6.45, 7) is 54.3. The molecule has 0 unspecified atom stereocenters. The summed E-state index contributed by atoms with van der Waals surface area (Å²) in [5, 5.41) is 0. The van der Waals surface area contributed by atoms with Crippen LogP contribution in [-0.2, 0) is 28.1 Å². The molecule has 0 amide bonds. The van der Waals surface area contributed by atoms with E-state index in [4.69, 9.17) is 13.6 Å². The van der Waals surface area contributed by atoms with Crippen molar-refractivity contribution in [2.24, 2.45) is 21.7 Å². The summed E-state index contributed by atoms with van der Waals surface area (Å²) < 4.78 is 22.9. The molecule has 4 heteroatoms. The number of rotatable bonds is 22. The Morgan fingerprint density at radius 3 is 1.03 bits per heavy atom. The van der Waals surface area contributed by atoms with Gasteiger partial charge in [0.25, 0.3) is 0 Å². The molecule has 0 bridgehead atoms. The topological polar surface area (TPSA) is 27.7 Å². The number of hydrogen-bond acceptors (Lipinski definition) is 3. The summed E-state index contributed by atoms with van der Waals surface area (Å²) >= 11 is 0. The Hall–Kier alpha value is -2.51. The Labute approximate surface area is 404 Å². The van der Waals surface area contributed by atoms with Crippen LogP contribution in [0.5, 0.6) is 17.2 Å². The Morgan fingerprint density at radius 1 is 0.400 bits per heavy atom. The highest BCUT2D eigenvalue weighted by atomic mass is 31.2. The normalized spacial score (nSPS) is 13.7. The molecule has 3 rings (SSSR count). The van der Waals surface area contributed by atoms with Crippen LogP contribution in [0.2, 0.25) is 0 Å². The van der Waals surface area contributed by atoms with E-state index in [0.29, 0.717) is 0 Å². The summed E-state index contributed by atoms with van der Waals surface area (Å²) in [5.74, 6) is 2.71. The predicted molar refractivity (Wildman–Crippen MR) is 288 cm³/mol. The van der Waals surface area contributed by atoms with Crippen LogP contribution in [0.4, 0.5) is 0 Å². The van der Waals surface area contributed by atoms with Crippen molar-refractivity contribution in [1.82, 2.24) is 0 Å². The van der Waals surface area contributed by atoms with Crippen molar-refractivity contribution in [2.75, 3.05) is 0 Å². The van der Waals surface area contributed by atoms with Crippen LogP contribution in [-0.4, -0.2) is 0 Å². The molecule has 0 saturated heterocycles. The molecular weight excluding hydrogens is 812 g/mol. The molecule has 0 saturated carbocycles. The monoisotopic (exact) mass is 913 g/mol. The summed E-state index contributed by atoms with van der Waals surface area (Å²) in [7, 11) is -2.04. The van der Waals surface area contributed by atoms with Crippen LogP contribution in [0, 0.1) is 35.5 Å². The number of para-hydroxylation sites is 1. The maximum Gasteiger partial charge on any atom is 0.530 e. The summed E-state index contributed by atoms with van der Waals surface area (Å²) in [4.78, 5) is 0. The predicted octanol–water partition coefficient (Wildman–Crippen LogP) is 20.2. The van der Waals surface area contributed by atoms with E-state index < -0.39 is 8.60 Å². The molecule has 0 N–H and O–H groups in total. The van der Waals surface area contributed by atoms with Gasteiger partial charge in [-0.2, -0.15) is 0 Å². The molecule has 3 nitrogen and oxygen atoms in total. The van der Waals surface area contributed by atoms with Crippen LogP contribution in [0.25, 0.3) is 0 Å². The van der Waals surface area contributed by atoms with E-state index in [-0.39, 0.29) is 43.3 Å². The second kappa shape index (κ2) is 21.8. The third kappa shape index (κ3) is 18.2. The van der Waals surface area contributed by atoms with Gasteiger partial charge in [0.05, 0.1) is 0 Å². The fourth-order valence-electron chi connectivity index (χ4n) is 11.8. The zero-order chi connectivity index (χ0) is 49.6. The fraction of sp³-hybridized carbons (Fsp3) is 0.705. The lowest BCUT2D eigenvalue weighted by atomic mass is 9.68. The number of unbranched alkanes of at least 4 members (excludes halogenated alkanes) is 6. The quantitative estimate of drug-likeness (QED) is 0.0742. The van der Waals surface area contributed by atoms with Gasteiger partial charge < -0.3 is 13.6 Å². The number of aryl methyl sites for hydroxylation is 3. The lowest BCUT2D eigenvalue weighted by Crippen LogP contribution is -2.30. The average Bonchev–Trinajstić information content (AvgIpc) is 3.08. The van der Waals surface area contributed by atoms with Gasteiger partial charge >= 0.3 is 8.60 Å². The van der Waals surface area contributed by atoms with Gasteiger partial charge in [0.1, 0.15) is 17.2 Å². The Kier molecular flexibility index (Phi) is 19.1. The summed E-state index contributed by atoms with van der Waals surface area (Å²) in [6.07, 6.45) is 13.8. The molecule has 0 fully saturated rings. The third-order valence-electron chi connectivity index (χ3n) is 12.8. The van der Waals surface area contributed by atoms with Gasteiger partial charge in [-0.3, -0.25) is 0 Å². The first kappa shape index (κ1) is 56.8.